The molecule has 102 valence electrons. The monoisotopic (exact) mass is 278 g/mol. The summed E-state index contributed by atoms with van der Waals surface area (Å²) in [6.07, 6.45) is 2.93. The summed E-state index contributed by atoms with van der Waals surface area (Å²) in [5.74, 6) is 0.0927. The number of aryl methyl sites for hydroxylation is 1. The fourth-order valence-corrected chi connectivity index (χ4v) is 2.71. The van der Waals surface area contributed by atoms with Crippen LogP contribution in [-0.2, 0) is 17.8 Å². The van der Waals surface area contributed by atoms with Gasteiger partial charge < -0.3 is 5.11 Å². The third-order valence-corrected chi connectivity index (χ3v) is 4.06. The maximum atomic E-state index is 12.2. The largest absolute Gasteiger partial charge is 0.389 e. The molecule has 0 radical (unpaired) electrons. The van der Waals surface area contributed by atoms with Crippen molar-refractivity contribution >= 4 is 22.8 Å². The fraction of sp³-hybridized carbons (Fsp3) is 0.500. The first kappa shape index (κ1) is 14.1. The van der Waals surface area contributed by atoms with E-state index >= 15 is 0 Å². The quantitative estimate of drug-likeness (QED) is 0.900. The highest BCUT2D eigenvalue weighted by atomic mass is 32.1. The summed E-state index contributed by atoms with van der Waals surface area (Å²) >= 11 is 1.43. The van der Waals surface area contributed by atoms with Crippen LogP contribution in [0.5, 0.6) is 0 Å². The van der Waals surface area contributed by atoms with E-state index in [4.69, 9.17) is 5.11 Å². The van der Waals surface area contributed by atoms with E-state index in [0.717, 1.165) is 29.8 Å². The van der Waals surface area contributed by atoms with Crippen molar-refractivity contribution in [2.75, 3.05) is 0 Å². The average Bonchev–Trinajstić information content (AvgIpc) is 2.87. The van der Waals surface area contributed by atoms with Crippen LogP contribution < -0.4 is 0 Å². The lowest BCUT2D eigenvalue weighted by Crippen LogP contribution is -2.11. The number of carbonyl (C=O) groups is 1. The van der Waals surface area contributed by atoms with Gasteiger partial charge in [-0.1, -0.05) is 0 Å². The zero-order valence-corrected chi connectivity index (χ0v) is 12.1. The van der Waals surface area contributed by atoms with E-state index in [1.165, 1.54) is 11.3 Å². The molecule has 0 spiro atoms. The molecule has 1 aliphatic rings. The number of aliphatic imine (C=N–C) groups is 1. The first-order valence-corrected chi connectivity index (χ1v) is 7.29. The van der Waals surface area contributed by atoms with E-state index in [0.29, 0.717) is 23.5 Å². The molecule has 0 bridgehead atoms. The van der Waals surface area contributed by atoms with E-state index in [1.807, 2.05) is 19.2 Å². The first-order valence-electron chi connectivity index (χ1n) is 6.41. The van der Waals surface area contributed by atoms with E-state index in [-0.39, 0.29) is 12.4 Å². The summed E-state index contributed by atoms with van der Waals surface area (Å²) in [4.78, 5) is 20.8. The van der Waals surface area contributed by atoms with Crippen molar-refractivity contribution in [2.45, 2.75) is 46.1 Å². The Kier molecular flexibility index (Phi) is 4.61. The number of hydrogen-bond acceptors (Lipinski definition) is 5. The Morgan fingerprint density at radius 2 is 2.21 bits per heavy atom. The molecule has 0 amide bonds. The van der Waals surface area contributed by atoms with Gasteiger partial charge in [-0.25, -0.2) is 4.98 Å². The van der Waals surface area contributed by atoms with Crippen LogP contribution >= 0.6 is 11.3 Å². The highest BCUT2D eigenvalue weighted by Crippen LogP contribution is 2.21. The van der Waals surface area contributed by atoms with E-state index in [2.05, 4.69) is 9.98 Å². The second-order valence-electron chi connectivity index (χ2n) is 4.79. The Morgan fingerprint density at radius 3 is 2.89 bits per heavy atom. The van der Waals surface area contributed by atoms with Gasteiger partial charge in [0.25, 0.3) is 0 Å². The van der Waals surface area contributed by atoms with Gasteiger partial charge in [0.1, 0.15) is 10.7 Å². The number of Topliss-reactive ketones (excluding diaryl/α,β-unsaturated/α-hetero) is 1. The van der Waals surface area contributed by atoms with Crippen LogP contribution in [-0.4, -0.2) is 21.6 Å². The summed E-state index contributed by atoms with van der Waals surface area (Å²) in [6, 6.07) is 0. The van der Waals surface area contributed by atoms with E-state index < -0.39 is 0 Å². The van der Waals surface area contributed by atoms with Gasteiger partial charge in [0.15, 0.2) is 5.78 Å². The van der Waals surface area contributed by atoms with Crippen molar-refractivity contribution in [2.24, 2.45) is 4.99 Å². The summed E-state index contributed by atoms with van der Waals surface area (Å²) < 4.78 is 0. The van der Waals surface area contributed by atoms with Crippen LogP contribution in [0.2, 0.25) is 0 Å². The molecule has 0 fully saturated rings. The van der Waals surface area contributed by atoms with Gasteiger partial charge in [-0.3, -0.25) is 9.79 Å². The SMILES string of the molecule is CC1=NC(C(=O)CCc2csc(CO)n2)=C(C)CC1. The molecule has 0 saturated carbocycles. The Bertz CT molecular complexity index is 543. The number of aliphatic hydroxyl groups excluding tert-OH is 1. The lowest BCUT2D eigenvalue weighted by Gasteiger charge is -2.13. The third kappa shape index (κ3) is 3.58. The minimum absolute atomic E-state index is 0.0354. The molecule has 1 aliphatic heterocycles. The van der Waals surface area contributed by atoms with Crippen molar-refractivity contribution in [1.29, 1.82) is 0 Å². The molecule has 0 aromatic carbocycles. The predicted molar refractivity (Wildman–Crippen MR) is 76.4 cm³/mol. The number of hydrogen-bond donors (Lipinski definition) is 1. The molecule has 1 aromatic rings. The maximum absolute atomic E-state index is 12.2. The minimum atomic E-state index is -0.0354. The number of aliphatic hydroxyl groups is 1. The van der Waals surface area contributed by atoms with Crippen LogP contribution in [0.3, 0.4) is 0 Å². The second kappa shape index (κ2) is 6.21. The Labute approximate surface area is 116 Å². The van der Waals surface area contributed by atoms with Gasteiger partial charge in [-0.05, 0) is 38.7 Å². The van der Waals surface area contributed by atoms with Crippen molar-refractivity contribution in [3.05, 3.63) is 27.4 Å². The lowest BCUT2D eigenvalue weighted by molar-refractivity contribution is -0.115. The predicted octanol–water partition coefficient (Wildman–Crippen LogP) is 2.67. The van der Waals surface area contributed by atoms with Gasteiger partial charge in [0.2, 0.25) is 0 Å². The second-order valence-corrected chi connectivity index (χ2v) is 5.73. The number of aromatic nitrogens is 1. The zero-order valence-electron chi connectivity index (χ0n) is 11.3. The van der Waals surface area contributed by atoms with Crippen LogP contribution in [0.1, 0.15) is 43.8 Å². The van der Waals surface area contributed by atoms with Crippen molar-refractivity contribution in [1.82, 2.24) is 4.98 Å². The molecule has 5 heteroatoms. The highest BCUT2D eigenvalue weighted by Gasteiger charge is 2.16. The molecule has 0 atom stereocenters. The number of nitrogens with zero attached hydrogens (tertiary/aromatic N) is 2. The van der Waals surface area contributed by atoms with Crippen molar-refractivity contribution in [3.63, 3.8) is 0 Å². The minimum Gasteiger partial charge on any atom is -0.389 e. The summed E-state index contributed by atoms with van der Waals surface area (Å²) in [5, 5.41) is 11.5. The van der Waals surface area contributed by atoms with Gasteiger partial charge in [0, 0.05) is 17.5 Å². The standard InChI is InChI=1S/C14H18N2O2S/c1-9-3-4-10(2)15-14(9)12(18)6-5-11-8-19-13(7-17)16-11/h8,17H,3-7H2,1-2H3. The molecule has 0 aliphatic carbocycles. The van der Waals surface area contributed by atoms with Crippen LogP contribution in [0.25, 0.3) is 0 Å². The molecule has 1 N–H and O–H groups in total. The highest BCUT2D eigenvalue weighted by molar-refractivity contribution is 7.09. The molecule has 4 nitrogen and oxygen atoms in total. The molecule has 1 aromatic heterocycles. The number of thiazole rings is 1. The van der Waals surface area contributed by atoms with E-state index in [1.54, 1.807) is 0 Å². The van der Waals surface area contributed by atoms with Crippen molar-refractivity contribution in [3.8, 4) is 0 Å². The molecule has 0 unspecified atom stereocenters. The lowest BCUT2D eigenvalue weighted by atomic mass is 10.00. The molecule has 2 heterocycles. The van der Waals surface area contributed by atoms with Crippen LogP contribution in [0.15, 0.2) is 21.6 Å². The van der Waals surface area contributed by atoms with Gasteiger partial charge >= 0.3 is 0 Å². The number of rotatable bonds is 5. The number of carbonyl (C=O) groups excluding carboxylic acids is 1. The topological polar surface area (TPSA) is 62.5 Å². The summed E-state index contributed by atoms with van der Waals surface area (Å²) in [7, 11) is 0. The van der Waals surface area contributed by atoms with Crippen LogP contribution in [0.4, 0.5) is 0 Å². The normalized spacial score (nSPS) is 15.6. The first-order chi connectivity index (χ1) is 9.10. The molecule has 19 heavy (non-hydrogen) atoms. The Balaban J connectivity index is 1.98. The van der Waals surface area contributed by atoms with Gasteiger partial charge in [-0.15, -0.1) is 11.3 Å². The summed E-state index contributed by atoms with van der Waals surface area (Å²) in [6.45, 7) is 3.91. The number of ketones is 1. The Hall–Kier alpha value is -1.33. The fourth-order valence-electron chi connectivity index (χ4n) is 2.03. The summed E-state index contributed by atoms with van der Waals surface area (Å²) in [5.41, 5.74) is 3.63. The van der Waals surface area contributed by atoms with Crippen LogP contribution in [0, 0.1) is 0 Å². The Morgan fingerprint density at radius 1 is 1.42 bits per heavy atom. The molecule has 0 saturated heterocycles. The van der Waals surface area contributed by atoms with E-state index in [9.17, 15) is 4.79 Å². The smallest absolute Gasteiger partial charge is 0.181 e. The molecular weight excluding hydrogens is 260 g/mol. The number of allylic oxidation sites excluding steroid dienone is 2. The molecular formula is C14H18N2O2S. The zero-order chi connectivity index (χ0) is 13.8. The third-order valence-electron chi connectivity index (χ3n) is 3.18. The molecule has 2 rings (SSSR count). The van der Waals surface area contributed by atoms with Gasteiger partial charge in [-0.2, -0.15) is 0 Å². The average molecular weight is 278 g/mol. The van der Waals surface area contributed by atoms with Gasteiger partial charge in [0.05, 0.1) is 12.3 Å². The van der Waals surface area contributed by atoms with Crippen molar-refractivity contribution < 1.29 is 9.90 Å². The maximum Gasteiger partial charge on any atom is 0.181 e.